The average Bonchev–Trinajstić information content (AvgIpc) is 3.41. The molecule has 0 bridgehead atoms. The van der Waals surface area contributed by atoms with Crippen LogP contribution in [0.15, 0.2) is 65.3 Å². The summed E-state index contributed by atoms with van der Waals surface area (Å²) in [7, 11) is 0. The Morgan fingerprint density at radius 3 is 2.53 bits per heavy atom. The Hall–Kier alpha value is -4.01. The molecule has 0 spiro atoms. The van der Waals surface area contributed by atoms with Gasteiger partial charge in [-0.05, 0) is 42.5 Å². The standard InChI is InChI=1S/C23H22FN5O3/c1-23(2,3)19-13-20(29(28-19)22-25-11-4-12-26-22)27-21(30)18-10-9-17(32-18)14-31-16-7-5-15(24)6-8-16/h4-13H,14H2,1-3H3,(H,27,30). The highest BCUT2D eigenvalue weighted by Gasteiger charge is 2.23. The van der Waals surface area contributed by atoms with E-state index >= 15 is 0 Å². The number of benzene rings is 1. The zero-order valence-electron chi connectivity index (χ0n) is 17.9. The molecule has 1 N–H and O–H groups in total. The number of carbonyl (C=O) groups is 1. The molecule has 3 heterocycles. The van der Waals surface area contributed by atoms with Crippen LogP contribution in [-0.4, -0.2) is 25.7 Å². The molecule has 0 saturated heterocycles. The highest BCUT2D eigenvalue weighted by atomic mass is 19.1. The largest absolute Gasteiger partial charge is 0.486 e. The van der Waals surface area contributed by atoms with E-state index in [2.05, 4.69) is 20.4 Å². The number of halogens is 1. The number of hydrogen-bond donors (Lipinski definition) is 1. The highest BCUT2D eigenvalue weighted by Crippen LogP contribution is 2.26. The van der Waals surface area contributed by atoms with Gasteiger partial charge in [-0.3, -0.25) is 4.79 Å². The topological polar surface area (TPSA) is 95.1 Å². The summed E-state index contributed by atoms with van der Waals surface area (Å²) >= 11 is 0. The van der Waals surface area contributed by atoms with E-state index in [9.17, 15) is 9.18 Å². The Morgan fingerprint density at radius 2 is 1.84 bits per heavy atom. The van der Waals surface area contributed by atoms with Crippen molar-refractivity contribution in [3.8, 4) is 11.7 Å². The van der Waals surface area contributed by atoms with Gasteiger partial charge in [0.15, 0.2) is 5.76 Å². The summed E-state index contributed by atoms with van der Waals surface area (Å²) in [6, 6.07) is 12.4. The van der Waals surface area contributed by atoms with E-state index in [1.54, 1.807) is 36.7 Å². The smallest absolute Gasteiger partial charge is 0.292 e. The van der Waals surface area contributed by atoms with E-state index in [-0.39, 0.29) is 23.6 Å². The minimum atomic E-state index is -0.449. The summed E-state index contributed by atoms with van der Waals surface area (Å²) in [6.45, 7) is 6.17. The molecule has 0 unspecified atom stereocenters. The molecule has 4 aromatic rings. The number of hydrogen-bond acceptors (Lipinski definition) is 6. The molecule has 0 aliphatic heterocycles. The third kappa shape index (κ3) is 4.83. The van der Waals surface area contributed by atoms with Gasteiger partial charge < -0.3 is 14.5 Å². The number of carbonyl (C=O) groups excluding carboxylic acids is 1. The van der Waals surface area contributed by atoms with E-state index in [0.717, 1.165) is 5.69 Å². The molecule has 0 radical (unpaired) electrons. The van der Waals surface area contributed by atoms with Gasteiger partial charge in [-0.15, -0.1) is 0 Å². The van der Waals surface area contributed by atoms with Crippen LogP contribution in [0.2, 0.25) is 0 Å². The molecule has 3 aromatic heterocycles. The Bertz CT molecular complexity index is 1210. The van der Waals surface area contributed by atoms with Crippen molar-refractivity contribution in [2.45, 2.75) is 32.8 Å². The minimum Gasteiger partial charge on any atom is -0.486 e. The molecule has 9 heteroatoms. The zero-order chi connectivity index (χ0) is 22.7. The molecule has 1 amide bonds. The molecule has 4 rings (SSSR count). The van der Waals surface area contributed by atoms with Gasteiger partial charge in [-0.1, -0.05) is 20.8 Å². The quantitative estimate of drug-likeness (QED) is 0.478. The van der Waals surface area contributed by atoms with Crippen LogP contribution in [0.25, 0.3) is 5.95 Å². The number of rotatable bonds is 6. The average molecular weight is 435 g/mol. The first-order chi connectivity index (χ1) is 15.3. The van der Waals surface area contributed by atoms with Crippen LogP contribution >= 0.6 is 0 Å². The molecule has 0 fully saturated rings. The fraction of sp³-hybridized carbons (Fsp3) is 0.217. The van der Waals surface area contributed by atoms with Crippen molar-refractivity contribution in [2.24, 2.45) is 0 Å². The second kappa shape index (κ2) is 8.62. The van der Waals surface area contributed by atoms with Gasteiger partial charge in [0.05, 0.1) is 5.69 Å². The lowest BCUT2D eigenvalue weighted by Gasteiger charge is -2.13. The summed E-state index contributed by atoms with van der Waals surface area (Å²) in [5.74, 6) is 1.03. The third-order valence-corrected chi connectivity index (χ3v) is 4.54. The van der Waals surface area contributed by atoms with Crippen LogP contribution in [0.4, 0.5) is 10.2 Å². The second-order valence-electron chi connectivity index (χ2n) is 8.09. The van der Waals surface area contributed by atoms with Crippen molar-refractivity contribution < 1.29 is 18.3 Å². The molecule has 0 saturated carbocycles. The van der Waals surface area contributed by atoms with E-state index < -0.39 is 5.91 Å². The summed E-state index contributed by atoms with van der Waals surface area (Å²) in [4.78, 5) is 21.3. The number of nitrogens with zero attached hydrogens (tertiary/aromatic N) is 4. The highest BCUT2D eigenvalue weighted by molar-refractivity contribution is 6.01. The lowest BCUT2D eigenvalue weighted by Crippen LogP contribution is -2.16. The molecule has 0 atom stereocenters. The minimum absolute atomic E-state index is 0.100. The van der Waals surface area contributed by atoms with Gasteiger partial charge in [0.25, 0.3) is 11.9 Å². The van der Waals surface area contributed by atoms with Crippen molar-refractivity contribution in [1.29, 1.82) is 0 Å². The van der Waals surface area contributed by atoms with Gasteiger partial charge in [0.2, 0.25) is 0 Å². The van der Waals surface area contributed by atoms with Crippen LogP contribution in [-0.2, 0) is 12.0 Å². The lowest BCUT2D eigenvalue weighted by molar-refractivity contribution is 0.0992. The summed E-state index contributed by atoms with van der Waals surface area (Å²) in [5.41, 5.74) is 0.530. The van der Waals surface area contributed by atoms with Crippen molar-refractivity contribution in [3.63, 3.8) is 0 Å². The lowest BCUT2D eigenvalue weighted by atomic mass is 9.92. The molecule has 1 aromatic carbocycles. The number of nitrogens with one attached hydrogen (secondary N) is 1. The molecule has 0 aliphatic rings. The summed E-state index contributed by atoms with van der Waals surface area (Å²) in [6.07, 6.45) is 3.21. The normalized spacial score (nSPS) is 11.4. The Morgan fingerprint density at radius 1 is 1.12 bits per heavy atom. The van der Waals surface area contributed by atoms with Gasteiger partial charge in [0, 0.05) is 23.9 Å². The Kier molecular flexibility index (Phi) is 5.72. The van der Waals surface area contributed by atoms with Crippen molar-refractivity contribution >= 4 is 11.7 Å². The molecular weight excluding hydrogens is 413 g/mol. The second-order valence-corrected chi connectivity index (χ2v) is 8.09. The first kappa shape index (κ1) is 21.2. The van der Waals surface area contributed by atoms with Crippen molar-refractivity contribution in [2.75, 3.05) is 5.32 Å². The number of amides is 1. The zero-order valence-corrected chi connectivity index (χ0v) is 17.9. The fourth-order valence-electron chi connectivity index (χ4n) is 2.83. The number of anilines is 1. The van der Waals surface area contributed by atoms with Crippen LogP contribution in [0.5, 0.6) is 5.75 Å². The predicted molar refractivity (Wildman–Crippen MR) is 115 cm³/mol. The SMILES string of the molecule is CC(C)(C)c1cc(NC(=O)c2ccc(COc3ccc(F)cc3)o2)n(-c2ncccn2)n1. The molecule has 164 valence electrons. The summed E-state index contributed by atoms with van der Waals surface area (Å²) in [5, 5.41) is 7.39. The maximum Gasteiger partial charge on any atom is 0.292 e. The number of furan rings is 1. The monoisotopic (exact) mass is 435 g/mol. The van der Waals surface area contributed by atoms with Gasteiger partial charge in [-0.2, -0.15) is 9.78 Å². The maximum atomic E-state index is 13.0. The third-order valence-electron chi connectivity index (χ3n) is 4.54. The van der Waals surface area contributed by atoms with Crippen LogP contribution in [0, 0.1) is 5.82 Å². The maximum absolute atomic E-state index is 13.0. The van der Waals surface area contributed by atoms with E-state index in [1.165, 1.54) is 28.9 Å². The van der Waals surface area contributed by atoms with E-state index in [0.29, 0.717) is 23.3 Å². The Balaban J connectivity index is 1.50. The number of ether oxygens (including phenoxy) is 1. The van der Waals surface area contributed by atoms with Crippen LogP contribution < -0.4 is 10.1 Å². The first-order valence-electron chi connectivity index (χ1n) is 9.96. The first-order valence-corrected chi connectivity index (χ1v) is 9.96. The molecule has 32 heavy (non-hydrogen) atoms. The van der Waals surface area contributed by atoms with Crippen LogP contribution in [0.1, 0.15) is 42.8 Å². The van der Waals surface area contributed by atoms with E-state index in [4.69, 9.17) is 9.15 Å². The summed E-state index contributed by atoms with van der Waals surface area (Å²) < 4.78 is 25.6. The van der Waals surface area contributed by atoms with Crippen LogP contribution in [0.3, 0.4) is 0 Å². The molecule has 0 aliphatic carbocycles. The molecular formula is C23H22FN5O3. The number of aromatic nitrogens is 4. The Labute approximate surface area is 184 Å². The van der Waals surface area contributed by atoms with Gasteiger partial charge in [0.1, 0.15) is 29.8 Å². The van der Waals surface area contributed by atoms with Gasteiger partial charge >= 0.3 is 0 Å². The fourth-order valence-corrected chi connectivity index (χ4v) is 2.83. The van der Waals surface area contributed by atoms with Gasteiger partial charge in [-0.25, -0.2) is 14.4 Å². The van der Waals surface area contributed by atoms with Crippen molar-refractivity contribution in [1.82, 2.24) is 19.7 Å². The molecule has 8 nitrogen and oxygen atoms in total. The van der Waals surface area contributed by atoms with E-state index in [1.807, 2.05) is 20.8 Å². The predicted octanol–water partition coefficient (Wildman–Crippen LogP) is 4.52. The van der Waals surface area contributed by atoms with Crippen molar-refractivity contribution in [3.05, 3.63) is 84.0 Å².